The average molecular weight is 517 g/mol. The number of H-pyrrole nitrogens is 1. The molecule has 1 fully saturated rings. The SMILES string of the molecule is C=CCOc1cc(OCC=C)c(-c2n[nH]c(=S)n2-c2ccc(CN3CCOCC3)cc2)cc1CC#CC. The van der Waals surface area contributed by atoms with Gasteiger partial charge in [-0.15, -0.1) is 5.92 Å². The maximum absolute atomic E-state index is 6.05. The molecule has 0 atom stereocenters. The molecule has 0 saturated carbocycles. The van der Waals surface area contributed by atoms with Crippen molar-refractivity contribution in [2.75, 3.05) is 39.5 Å². The molecule has 1 aromatic heterocycles. The minimum atomic E-state index is 0.337. The summed E-state index contributed by atoms with van der Waals surface area (Å²) >= 11 is 5.64. The van der Waals surface area contributed by atoms with Crippen LogP contribution in [-0.2, 0) is 17.7 Å². The molecule has 0 amide bonds. The number of rotatable bonds is 11. The van der Waals surface area contributed by atoms with Gasteiger partial charge in [-0.2, -0.15) is 5.10 Å². The number of benzene rings is 2. The third kappa shape index (κ3) is 6.57. The highest BCUT2D eigenvalue weighted by atomic mass is 32.1. The average Bonchev–Trinajstić information content (AvgIpc) is 3.31. The molecule has 8 heteroatoms. The van der Waals surface area contributed by atoms with Crippen LogP contribution in [0.1, 0.15) is 18.1 Å². The summed E-state index contributed by atoms with van der Waals surface area (Å²) in [5, 5.41) is 7.54. The quantitative estimate of drug-likeness (QED) is 0.217. The van der Waals surface area contributed by atoms with Gasteiger partial charge in [0.15, 0.2) is 10.6 Å². The summed E-state index contributed by atoms with van der Waals surface area (Å²) in [4.78, 5) is 2.40. The van der Waals surface area contributed by atoms with Gasteiger partial charge in [0.05, 0.1) is 18.8 Å². The number of aromatic nitrogens is 3. The fourth-order valence-corrected chi connectivity index (χ4v) is 4.38. The molecule has 4 rings (SSSR count). The van der Waals surface area contributed by atoms with E-state index >= 15 is 0 Å². The van der Waals surface area contributed by atoms with Crippen molar-refractivity contribution in [3.05, 3.63) is 77.6 Å². The molecule has 1 aliphatic rings. The first-order valence-corrected chi connectivity index (χ1v) is 12.7. The molecule has 2 aromatic carbocycles. The first-order chi connectivity index (χ1) is 18.1. The van der Waals surface area contributed by atoms with Crippen molar-refractivity contribution in [1.82, 2.24) is 19.7 Å². The monoisotopic (exact) mass is 516 g/mol. The normalized spacial score (nSPS) is 13.4. The Labute approximate surface area is 223 Å². The Balaban J connectivity index is 1.73. The van der Waals surface area contributed by atoms with Crippen LogP contribution in [-0.4, -0.2) is 59.2 Å². The van der Waals surface area contributed by atoms with E-state index in [9.17, 15) is 0 Å². The Morgan fingerprint density at radius 2 is 1.78 bits per heavy atom. The zero-order valence-corrected chi connectivity index (χ0v) is 22.0. The van der Waals surface area contributed by atoms with E-state index in [4.69, 9.17) is 26.4 Å². The van der Waals surface area contributed by atoms with Crippen LogP contribution >= 0.6 is 12.2 Å². The highest BCUT2D eigenvalue weighted by Gasteiger charge is 2.20. The standard InChI is InChI=1S/C29H32N4O3S/c1-4-7-8-23-19-25(27(36-16-6-3)20-26(23)35-15-5-2)28-30-31-29(37)33(28)24-11-9-22(10-12-24)21-32-13-17-34-18-14-32/h5-6,9-12,19-20H,2-3,8,13-18,21H2,1H3,(H,31,37). The minimum Gasteiger partial charge on any atom is -0.489 e. The number of morpholine rings is 1. The van der Waals surface area contributed by atoms with Crippen molar-refractivity contribution in [2.24, 2.45) is 0 Å². The lowest BCUT2D eigenvalue weighted by atomic mass is 10.0. The molecule has 1 aliphatic heterocycles. The summed E-state index contributed by atoms with van der Waals surface area (Å²) in [5.74, 6) is 8.05. The van der Waals surface area contributed by atoms with E-state index in [1.54, 1.807) is 12.2 Å². The summed E-state index contributed by atoms with van der Waals surface area (Å²) in [7, 11) is 0. The zero-order valence-electron chi connectivity index (χ0n) is 21.2. The molecule has 1 N–H and O–H groups in total. The molecule has 0 spiro atoms. The topological polar surface area (TPSA) is 64.5 Å². The Kier molecular flexibility index (Phi) is 9.33. The molecule has 3 aromatic rings. The van der Waals surface area contributed by atoms with Crippen molar-refractivity contribution >= 4 is 12.2 Å². The second kappa shape index (κ2) is 13.1. The number of aromatic amines is 1. The molecular formula is C29H32N4O3S. The lowest BCUT2D eigenvalue weighted by Crippen LogP contribution is -2.35. The maximum atomic E-state index is 6.05. The van der Waals surface area contributed by atoms with Crippen molar-refractivity contribution in [3.63, 3.8) is 0 Å². The van der Waals surface area contributed by atoms with Crippen LogP contribution in [0.2, 0.25) is 0 Å². The smallest absolute Gasteiger partial charge is 0.200 e. The first kappa shape index (κ1) is 26.4. The fourth-order valence-electron chi connectivity index (χ4n) is 4.14. The summed E-state index contributed by atoms with van der Waals surface area (Å²) in [6.07, 6.45) is 3.94. The molecule has 0 unspecified atom stereocenters. The molecule has 0 bridgehead atoms. The maximum Gasteiger partial charge on any atom is 0.200 e. The van der Waals surface area contributed by atoms with Crippen LogP contribution in [0.3, 0.4) is 0 Å². The van der Waals surface area contributed by atoms with E-state index in [0.29, 0.717) is 41.7 Å². The Bertz CT molecular complexity index is 1340. The molecule has 0 radical (unpaired) electrons. The van der Waals surface area contributed by atoms with Gasteiger partial charge in [-0.1, -0.05) is 43.4 Å². The van der Waals surface area contributed by atoms with Crippen molar-refractivity contribution < 1.29 is 14.2 Å². The lowest BCUT2D eigenvalue weighted by molar-refractivity contribution is 0.0342. The van der Waals surface area contributed by atoms with Gasteiger partial charge in [-0.25, -0.2) is 0 Å². The zero-order chi connectivity index (χ0) is 26.0. The fraction of sp³-hybridized carbons (Fsp3) is 0.310. The molecule has 7 nitrogen and oxygen atoms in total. The summed E-state index contributed by atoms with van der Waals surface area (Å²) < 4.78 is 19.9. The predicted octanol–water partition coefficient (Wildman–Crippen LogP) is 5.12. The van der Waals surface area contributed by atoms with Gasteiger partial charge in [0.25, 0.3) is 0 Å². The van der Waals surface area contributed by atoms with Gasteiger partial charge in [0.1, 0.15) is 24.7 Å². The lowest BCUT2D eigenvalue weighted by Gasteiger charge is -2.26. The molecule has 2 heterocycles. The number of ether oxygens (including phenoxy) is 3. The second-order valence-electron chi connectivity index (χ2n) is 8.50. The Hall–Kier alpha value is -3.64. The van der Waals surface area contributed by atoms with Gasteiger partial charge in [0.2, 0.25) is 0 Å². The molecule has 37 heavy (non-hydrogen) atoms. The minimum absolute atomic E-state index is 0.337. The number of nitrogens with zero attached hydrogens (tertiary/aromatic N) is 3. The van der Waals surface area contributed by atoms with E-state index in [0.717, 1.165) is 49.7 Å². The van der Waals surface area contributed by atoms with Crippen LogP contribution in [0.5, 0.6) is 11.5 Å². The predicted molar refractivity (Wildman–Crippen MR) is 149 cm³/mol. The number of hydrogen-bond acceptors (Lipinski definition) is 6. The van der Waals surface area contributed by atoms with Gasteiger partial charge in [0, 0.05) is 43.4 Å². The van der Waals surface area contributed by atoms with Crippen LogP contribution in [0.15, 0.2) is 61.7 Å². The van der Waals surface area contributed by atoms with E-state index in [1.165, 1.54) is 5.56 Å². The molecular weight excluding hydrogens is 484 g/mol. The van der Waals surface area contributed by atoms with Gasteiger partial charge in [-0.05, 0) is 42.9 Å². The van der Waals surface area contributed by atoms with Crippen molar-refractivity contribution in [2.45, 2.75) is 19.9 Å². The van der Waals surface area contributed by atoms with Crippen LogP contribution in [0.25, 0.3) is 17.1 Å². The summed E-state index contributed by atoms with van der Waals surface area (Å²) in [5.41, 5.74) is 3.86. The van der Waals surface area contributed by atoms with E-state index in [-0.39, 0.29) is 0 Å². The van der Waals surface area contributed by atoms with E-state index in [1.807, 2.05) is 23.6 Å². The molecule has 1 saturated heterocycles. The third-order valence-electron chi connectivity index (χ3n) is 5.95. The van der Waals surface area contributed by atoms with Gasteiger partial charge in [-0.3, -0.25) is 14.6 Å². The van der Waals surface area contributed by atoms with E-state index < -0.39 is 0 Å². The highest BCUT2D eigenvalue weighted by Crippen LogP contribution is 2.37. The van der Waals surface area contributed by atoms with Crippen LogP contribution in [0.4, 0.5) is 0 Å². The highest BCUT2D eigenvalue weighted by molar-refractivity contribution is 7.71. The van der Waals surface area contributed by atoms with Crippen LogP contribution in [0, 0.1) is 16.6 Å². The Morgan fingerprint density at radius 1 is 1.08 bits per heavy atom. The molecule has 192 valence electrons. The summed E-state index contributed by atoms with van der Waals surface area (Å²) in [6, 6.07) is 12.3. The Morgan fingerprint density at radius 3 is 2.46 bits per heavy atom. The van der Waals surface area contributed by atoms with Gasteiger partial charge < -0.3 is 14.2 Å². The van der Waals surface area contributed by atoms with Crippen LogP contribution < -0.4 is 9.47 Å². The number of nitrogens with one attached hydrogen (secondary N) is 1. The van der Waals surface area contributed by atoms with Crippen molar-refractivity contribution in [3.8, 4) is 40.4 Å². The molecule has 0 aliphatic carbocycles. The van der Waals surface area contributed by atoms with Crippen molar-refractivity contribution in [1.29, 1.82) is 0 Å². The number of hydrogen-bond donors (Lipinski definition) is 1. The van der Waals surface area contributed by atoms with E-state index in [2.05, 4.69) is 64.4 Å². The third-order valence-corrected chi connectivity index (χ3v) is 6.22. The summed E-state index contributed by atoms with van der Waals surface area (Å²) in [6.45, 7) is 14.4. The second-order valence-corrected chi connectivity index (χ2v) is 8.89. The largest absolute Gasteiger partial charge is 0.489 e. The first-order valence-electron chi connectivity index (χ1n) is 12.3. The van der Waals surface area contributed by atoms with Gasteiger partial charge >= 0.3 is 0 Å².